The van der Waals surface area contributed by atoms with Crippen LogP contribution in [0.15, 0.2) is 24.3 Å². The second-order valence-electron chi connectivity index (χ2n) is 10.6. The number of carbonyl (C=O) groups excluding carboxylic acids is 3. The summed E-state index contributed by atoms with van der Waals surface area (Å²) in [5, 5.41) is 0.755. The third-order valence-electron chi connectivity index (χ3n) is 3.96. The molecule has 8 nitrogen and oxygen atoms in total. The standard InChI is InChI=1S/C23H33BN2O6/c1-21(2,3)30-18(27)25(19(28)31-22(4,5)6)15-11-10-14-12-17(24)26(16(14)13-15)20(29)32-23(7,8)9/h10-13H,24H2,1-9H3. The Morgan fingerprint density at radius 3 is 1.69 bits per heavy atom. The fraction of sp³-hybridized carbons (Fsp3) is 0.522. The lowest BCUT2D eigenvalue weighted by Crippen LogP contribution is -2.43. The van der Waals surface area contributed by atoms with Crippen molar-refractivity contribution in [3.05, 3.63) is 24.3 Å². The van der Waals surface area contributed by atoms with Gasteiger partial charge < -0.3 is 14.2 Å². The lowest BCUT2D eigenvalue weighted by molar-refractivity contribution is 0.0429. The summed E-state index contributed by atoms with van der Waals surface area (Å²) in [5.41, 5.74) is -0.969. The molecule has 32 heavy (non-hydrogen) atoms. The molecule has 0 radical (unpaired) electrons. The summed E-state index contributed by atoms with van der Waals surface area (Å²) in [6.45, 7) is 15.6. The molecule has 2 aromatic rings. The Labute approximate surface area is 190 Å². The van der Waals surface area contributed by atoms with Gasteiger partial charge in [-0.1, -0.05) is 6.07 Å². The maximum atomic E-state index is 12.9. The van der Waals surface area contributed by atoms with Gasteiger partial charge >= 0.3 is 18.3 Å². The van der Waals surface area contributed by atoms with Gasteiger partial charge in [0.2, 0.25) is 0 Å². The van der Waals surface area contributed by atoms with Crippen molar-refractivity contribution < 1.29 is 28.6 Å². The van der Waals surface area contributed by atoms with Gasteiger partial charge in [-0.2, -0.15) is 4.90 Å². The number of benzene rings is 1. The summed E-state index contributed by atoms with van der Waals surface area (Å²) in [6.07, 6.45) is -2.31. The zero-order chi connectivity index (χ0) is 24.6. The molecule has 2 amide bonds. The van der Waals surface area contributed by atoms with Crippen LogP contribution in [-0.2, 0) is 14.2 Å². The van der Waals surface area contributed by atoms with E-state index in [4.69, 9.17) is 14.2 Å². The van der Waals surface area contributed by atoms with E-state index in [1.165, 1.54) is 4.57 Å². The van der Waals surface area contributed by atoms with E-state index in [1.807, 2.05) is 6.07 Å². The average Bonchev–Trinajstić information content (AvgIpc) is 2.85. The van der Waals surface area contributed by atoms with Crippen molar-refractivity contribution in [3.8, 4) is 0 Å². The topological polar surface area (TPSA) is 87.1 Å². The Bertz CT molecular complexity index is 1010. The maximum absolute atomic E-state index is 12.9. The minimum atomic E-state index is -0.877. The molecule has 0 bridgehead atoms. The van der Waals surface area contributed by atoms with Crippen LogP contribution < -0.4 is 10.5 Å². The fourth-order valence-electron chi connectivity index (χ4n) is 2.92. The second kappa shape index (κ2) is 8.52. The van der Waals surface area contributed by atoms with Crippen LogP contribution in [0.3, 0.4) is 0 Å². The molecule has 0 N–H and O–H groups in total. The molecular formula is C23H33BN2O6. The van der Waals surface area contributed by atoms with Crippen molar-refractivity contribution in [2.45, 2.75) is 79.1 Å². The average molecular weight is 444 g/mol. The number of amides is 2. The lowest BCUT2D eigenvalue weighted by Gasteiger charge is -2.28. The largest absolute Gasteiger partial charge is 0.443 e. The summed E-state index contributed by atoms with van der Waals surface area (Å²) in [4.78, 5) is 39.5. The number of aromatic nitrogens is 1. The lowest BCUT2D eigenvalue weighted by atomic mass is 10.1. The number of carbonyl (C=O) groups is 3. The molecule has 9 heteroatoms. The first-order valence-electron chi connectivity index (χ1n) is 10.5. The van der Waals surface area contributed by atoms with Crippen molar-refractivity contribution in [2.75, 3.05) is 4.90 Å². The Morgan fingerprint density at radius 2 is 1.25 bits per heavy atom. The van der Waals surface area contributed by atoms with E-state index in [2.05, 4.69) is 0 Å². The van der Waals surface area contributed by atoms with Crippen LogP contribution >= 0.6 is 0 Å². The number of hydrogen-bond acceptors (Lipinski definition) is 6. The number of anilines is 1. The molecule has 0 unspecified atom stereocenters. The Kier molecular flexibility index (Phi) is 6.74. The van der Waals surface area contributed by atoms with Gasteiger partial charge in [0, 0.05) is 0 Å². The van der Waals surface area contributed by atoms with Gasteiger partial charge in [0.25, 0.3) is 0 Å². The highest BCUT2D eigenvalue weighted by Gasteiger charge is 2.33. The molecule has 0 saturated heterocycles. The van der Waals surface area contributed by atoms with Crippen LogP contribution in [0.2, 0.25) is 0 Å². The number of rotatable bonds is 1. The Hall–Kier alpha value is -2.97. The molecule has 0 spiro atoms. The van der Waals surface area contributed by atoms with E-state index in [0.717, 1.165) is 10.3 Å². The third kappa shape index (κ3) is 6.51. The number of ether oxygens (including phenoxy) is 3. The van der Waals surface area contributed by atoms with E-state index < -0.39 is 35.1 Å². The summed E-state index contributed by atoms with van der Waals surface area (Å²) in [7, 11) is 1.78. The number of fused-ring (bicyclic) bond motifs is 1. The summed E-state index contributed by atoms with van der Waals surface area (Å²) >= 11 is 0. The predicted molar refractivity (Wildman–Crippen MR) is 127 cm³/mol. The van der Waals surface area contributed by atoms with Crippen LogP contribution in [0.4, 0.5) is 20.1 Å². The quantitative estimate of drug-likeness (QED) is 0.480. The SMILES string of the molecule is Bc1cc2ccc(N(C(=O)OC(C)(C)C)C(=O)OC(C)(C)C)cc2n1C(=O)OC(C)(C)C. The first kappa shape index (κ1) is 25.3. The van der Waals surface area contributed by atoms with Crippen LogP contribution in [0.25, 0.3) is 10.9 Å². The molecule has 0 saturated carbocycles. The normalized spacial score (nSPS) is 12.4. The van der Waals surface area contributed by atoms with Gasteiger partial charge in [-0.25, -0.2) is 14.4 Å². The monoisotopic (exact) mass is 444 g/mol. The second-order valence-corrected chi connectivity index (χ2v) is 10.6. The zero-order valence-electron chi connectivity index (χ0n) is 20.7. The third-order valence-corrected chi connectivity index (χ3v) is 3.96. The summed E-state index contributed by atoms with van der Waals surface area (Å²) in [5.74, 6) is 0. The molecule has 0 atom stereocenters. The highest BCUT2D eigenvalue weighted by molar-refractivity contribution is 6.34. The maximum Gasteiger partial charge on any atom is 0.424 e. The fourth-order valence-corrected chi connectivity index (χ4v) is 2.92. The molecule has 0 aliphatic carbocycles. The van der Waals surface area contributed by atoms with Gasteiger partial charge in [0.05, 0.1) is 11.2 Å². The summed E-state index contributed by atoms with van der Waals surface area (Å²) < 4.78 is 17.8. The molecule has 0 aliphatic heterocycles. The number of hydrogen-bond donors (Lipinski definition) is 0. The van der Waals surface area contributed by atoms with Crippen molar-refractivity contribution >= 4 is 48.3 Å². The Morgan fingerprint density at radius 1 is 0.781 bits per heavy atom. The van der Waals surface area contributed by atoms with Gasteiger partial charge in [0.15, 0.2) is 7.85 Å². The van der Waals surface area contributed by atoms with Crippen LogP contribution in [-0.4, -0.2) is 47.5 Å². The molecule has 1 aromatic carbocycles. The number of imide groups is 1. The van der Waals surface area contributed by atoms with Gasteiger partial charge in [0.1, 0.15) is 16.8 Å². The van der Waals surface area contributed by atoms with Crippen molar-refractivity contribution in [1.82, 2.24) is 4.57 Å². The minimum absolute atomic E-state index is 0.212. The van der Waals surface area contributed by atoms with E-state index in [0.29, 0.717) is 11.1 Å². The molecular weight excluding hydrogens is 411 g/mol. The highest BCUT2D eigenvalue weighted by atomic mass is 16.6. The van der Waals surface area contributed by atoms with E-state index >= 15 is 0 Å². The van der Waals surface area contributed by atoms with E-state index in [1.54, 1.807) is 88.4 Å². The Balaban J connectivity index is 2.60. The highest BCUT2D eigenvalue weighted by Crippen LogP contribution is 2.26. The molecule has 0 aliphatic rings. The summed E-state index contributed by atoms with van der Waals surface area (Å²) in [6, 6.07) is 6.73. The molecule has 0 fully saturated rings. The minimum Gasteiger partial charge on any atom is -0.443 e. The molecule has 1 aromatic heterocycles. The van der Waals surface area contributed by atoms with Gasteiger partial charge in [-0.15, -0.1) is 0 Å². The molecule has 174 valence electrons. The molecule has 2 rings (SSSR count). The van der Waals surface area contributed by atoms with Crippen LogP contribution in [0.5, 0.6) is 0 Å². The van der Waals surface area contributed by atoms with Crippen molar-refractivity contribution in [1.29, 1.82) is 0 Å². The van der Waals surface area contributed by atoms with E-state index in [-0.39, 0.29) is 5.69 Å². The first-order valence-corrected chi connectivity index (χ1v) is 10.5. The van der Waals surface area contributed by atoms with Crippen molar-refractivity contribution in [2.24, 2.45) is 0 Å². The van der Waals surface area contributed by atoms with Gasteiger partial charge in [-0.05, 0) is 91.5 Å². The number of nitrogens with zero attached hydrogens (tertiary/aromatic N) is 2. The predicted octanol–water partition coefficient (Wildman–Crippen LogP) is 4.36. The van der Waals surface area contributed by atoms with Gasteiger partial charge in [-0.3, -0.25) is 4.57 Å². The molecule has 1 heterocycles. The zero-order valence-corrected chi connectivity index (χ0v) is 20.7. The van der Waals surface area contributed by atoms with Crippen LogP contribution in [0, 0.1) is 0 Å². The van der Waals surface area contributed by atoms with Crippen molar-refractivity contribution in [3.63, 3.8) is 0 Å². The smallest absolute Gasteiger partial charge is 0.424 e. The van der Waals surface area contributed by atoms with Crippen LogP contribution in [0.1, 0.15) is 62.3 Å². The van der Waals surface area contributed by atoms with E-state index in [9.17, 15) is 14.4 Å². The first-order chi connectivity index (χ1) is 14.4.